The molecule has 5 heteroatoms. The topological polar surface area (TPSA) is 53.9 Å². The van der Waals surface area contributed by atoms with Gasteiger partial charge in [-0.25, -0.2) is 9.97 Å². The normalized spacial score (nSPS) is 12.6. The molecule has 0 saturated heterocycles. The first-order valence-corrected chi connectivity index (χ1v) is 6.14. The van der Waals surface area contributed by atoms with Crippen molar-refractivity contribution in [3.8, 4) is 0 Å². The van der Waals surface area contributed by atoms with Crippen molar-refractivity contribution in [2.45, 2.75) is 6.92 Å². The van der Waals surface area contributed by atoms with Gasteiger partial charge in [-0.3, -0.25) is 4.98 Å². The highest BCUT2D eigenvalue weighted by Crippen LogP contribution is 2.14. The maximum absolute atomic E-state index is 4.52. The lowest BCUT2D eigenvalue weighted by molar-refractivity contribution is 0.541. The number of pyridine rings is 1. The number of nitrogens with one attached hydrogen (secondary N) is 1. The summed E-state index contributed by atoms with van der Waals surface area (Å²) in [5, 5.41) is 3.18. The number of aromatic nitrogens is 3. The molecule has 96 valence electrons. The third-order valence-corrected chi connectivity index (χ3v) is 2.85. The van der Waals surface area contributed by atoms with Gasteiger partial charge in [-0.1, -0.05) is 6.92 Å². The van der Waals surface area contributed by atoms with Gasteiger partial charge in [-0.05, 0) is 31.6 Å². The van der Waals surface area contributed by atoms with E-state index in [1.165, 1.54) is 0 Å². The van der Waals surface area contributed by atoms with Gasteiger partial charge in [0.25, 0.3) is 0 Å². The predicted octanol–water partition coefficient (Wildman–Crippen LogP) is 1.32. The van der Waals surface area contributed by atoms with Gasteiger partial charge in [0, 0.05) is 26.0 Å². The first-order valence-electron chi connectivity index (χ1n) is 6.14. The monoisotopic (exact) mass is 245 g/mol. The molecule has 2 heterocycles. The third-order valence-electron chi connectivity index (χ3n) is 2.85. The van der Waals surface area contributed by atoms with Crippen LogP contribution in [0.4, 0.5) is 5.82 Å². The summed E-state index contributed by atoms with van der Waals surface area (Å²) < 4.78 is 0. The zero-order valence-corrected chi connectivity index (χ0v) is 11.1. The smallest absolute Gasteiger partial charge is 0.180 e. The van der Waals surface area contributed by atoms with Crippen LogP contribution in [0.2, 0.25) is 0 Å². The molecular formula is C13H19N5. The molecule has 0 aromatic carbocycles. The zero-order valence-electron chi connectivity index (χ0n) is 11.1. The summed E-state index contributed by atoms with van der Waals surface area (Å²) in [6, 6.07) is 3.95. The van der Waals surface area contributed by atoms with Gasteiger partial charge in [0.1, 0.15) is 11.3 Å². The van der Waals surface area contributed by atoms with Crippen molar-refractivity contribution < 1.29 is 0 Å². The van der Waals surface area contributed by atoms with Gasteiger partial charge >= 0.3 is 0 Å². The molecule has 0 bridgehead atoms. The van der Waals surface area contributed by atoms with Crippen molar-refractivity contribution in [2.75, 3.05) is 32.1 Å². The molecular weight excluding hydrogens is 226 g/mol. The van der Waals surface area contributed by atoms with Gasteiger partial charge < -0.3 is 10.2 Å². The van der Waals surface area contributed by atoms with E-state index in [0.29, 0.717) is 11.6 Å². The summed E-state index contributed by atoms with van der Waals surface area (Å²) >= 11 is 0. The summed E-state index contributed by atoms with van der Waals surface area (Å²) in [6.45, 7) is 4.17. The average molecular weight is 245 g/mol. The Bertz CT molecular complexity index is 513. The molecule has 0 fully saturated rings. The van der Waals surface area contributed by atoms with E-state index in [1.54, 1.807) is 12.4 Å². The molecule has 0 spiro atoms. The Morgan fingerprint density at radius 3 is 2.83 bits per heavy atom. The second kappa shape index (κ2) is 5.73. The Kier molecular flexibility index (Phi) is 4.04. The van der Waals surface area contributed by atoms with Gasteiger partial charge in [0.2, 0.25) is 0 Å². The van der Waals surface area contributed by atoms with Crippen LogP contribution in [0.3, 0.4) is 0 Å². The Morgan fingerprint density at radius 2 is 2.06 bits per heavy atom. The lowest BCUT2D eigenvalue weighted by atomic mass is 10.1. The predicted molar refractivity (Wildman–Crippen MR) is 73.7 cm³/mol. The summed E-state index contributed by atoms with van der Waals surface area (Å²) in [4.78, 5) is 15.1. The van der Waals surface area contributed by atoms with Crippen LogP contribution in [-0.2, 0) is 0 Å². The van der Waals surface area contributed by atoms with Crippen LogP contribution in [0.1, 0.15) is 6.92 Å². The largest absolute Gasteiger partial charge is 0.359 e. The molecule has 0 saturated carbocycles. The minimum Gasteiger partial charge on any atom is -0.359 e. The molecule has 1 N–H and O–H groups in total. The van der Waals surface area contributed by atoms with E-state index in [2.05, 4.69) is 39.1 Å². The molecule has 5 nitrogen and oxygen atoms in total. The number of rotatable bonds is 5. The third kappa shape index (κ3) is 2.92. The fraction of sp³-hybridized carbons (Fsp3) is 0.462. The molecule has 2 rings (SSSR count). The van der Waals surface area contributed by atoms with Gasteiger partial charge in [0.15, 0.2) is 5.65 Å². The number of hydrogen-bond acceptors (Lipinski definition) is 5. The second-order valence-electron chi connectivity index (χ2n) is 4.61. The molecule has 0 aliphatic rings. The van der Waals surface area contributed by atoms with E-state index in [1.807, 2.05) is 19.2 Å². The molecule has 0 aliphatic heterocycles. The molecule has 1 atom stereocenters. The van der Waals surface area contributed by atoms with Crippen LogP contribution in [0.5, 0.6) is 0 Å². The molecule has 0 radical (unpaired) electrons. The number of anilines is 1. The van der Waals surface area contributed by atoms with Crippen LogP contribution in [-0.4, -0.2) is 42.1 Å². The molecule has 1 unspecified atom stereocenters. The first-order chi connectivity index (χ1) is 8.70. The van der Waals surface area contributed by atoms with E-state index in [0.717, 1.165) is 24.4 Å². The van der Waals surface area contributed by atoms with Crippen molar-refractivity contribution in [3.63, 3.8) is 0 Å². The Labute approximate surface area is 107 Å². The van der Waals surface area contributed by atoms with Crippen LogP contribution in [0.15, 0.2) is 24.5 Å². The number of fused-ring (bicyclic) bond motifs is 1. The minimum atomic E-state index is 0.569. The first kappa shape index (κ1) is 12.7. The van der Waals surface area contributed by atoms with E-state index < -0.39 is 0 Å². The highest BCUT2D eigenvalue weighted by Gasteiger charge is 2.08. The Hall–Kier alpha value is -1.75. The molecule has 0 aliphatic carbocycles. The molecule has 2 aromatic heterocycles. The summed E-state index contributed by atoms with van der Waals surface area (Å²) in [5.41, 5.74) is 1.53. The Balaban J connectivity index is 2.15. The van der Waals surface area contributed by atoms with Gasteiger partial charge in [-0.2, -0.15) is 0 Å². The van der Waals surface area contributed by atoms with E-state index in [9.17, 15) is 0 Å². The molecule has 2 aromatic rings. The van der Waals surface area contributed by atoms with Crippen LogP contribution in [0.25, 0.3) is 11.2 Å². The van der Waals surface area contributed by atoms with Crippen molar-refractivity contribution in [1.82, 2.24) is 20.3 Å². The van der Waals surface area contributed by atoms with Gasteiger partial charge in [-0.15, -0.1) is 0 Å². The number of nitrogens with zero attached hydrogens (tertiary/aromatic N) is 4. The lowest BCUT2D eigenvalue weighted by Crippen LogP contribution is -2.30. The van der Waals surface area contributed by atoms with Crippen LogP contribution < -0.4 is 10.2 Å². The zero-order chi connectivity index (χ0) is 13.0. The van der Waals surface area contributed by atoms with Crippen molar-refractivity contribution >= 4 is 17.0 Å². The quantitative estimate of drug-likeness (QED) is 0.861. The highest BCUT2D eigenvalue weighted by molar-refractivity contribution is 5.71. The molecule has 18 heavy (non-hydrogen) atoms. The minimum absolute atomic E-state index is 0.569. The highest BCUT2D eigenvalue weighted by atomic mass is 15.2. The van der Waals surface area contributed by atoms with E-state index >= 15 is 0 Å². The van der Waals surface area contributed by atoms with Crippen molar-refractivity contribution in [1.29, 1.82) is 0 Å². The van der Waals surface area contributed by atoms with Crippen LogP contribution in [0, 0.1) is 5.92 Å². The van der Waals surface area contributed by atoms with E-state index in [-0.39, 0.29) is 0 Å². The summed E-state index contributed by atoms with van der Waals surface area (Å²) in [7, 11) is 4.02. The maximum Gasteiger partial charge on any atom is 0.180 e. The van der Waals surface area contributed by atoms with Crippen molar-refractivity contribution in [2.24, 2.45) is 5.92 Å². The lowest BCUT2D eigenvalue weighted by Gasteiger charge is -2.22. The SMILES string of the molecule is CNCC(C)CN(C)c1ccc2nccnc2n1. The second-order valence-corrected chi connectivity index (χ2v) is 4.61. The number of hydrogen-bond donors (Lipinski definition) is 1. The Morgan fingerprint density at radius 1 is 1.28 bits per heavy atom. The summed E-state index contributed by atoms with van der Waals surface area (Å²) in [5.74, 6) is 1.50. The van der Waals surface area contributed by atoms with Gasteiger partial charge in [0.05, 0.1) is 0 Å². The fourth-order valence-corrected chi connectivity index (χ4v) is 2.03. The van der Waals surface area contributed by atoms with E-state index in [4.69, 9.17) is 0 Å². The maximum atomic E-state index is 4.52. The average Bonchev–Trinajstić information content (AvgIpc) is 2.38. The fourth-order valence-electron chi connectivity index (χ4n) is 2.03. The standard InChI is InChI=1S/C13H19N5/c1-10(8-14-2)9-18(3)12-5-4-11-13(17-12)16-7-6-15-11/h4-7,10,14H,8-9H2,1-3H3. The summed E-state index contributed by atoms with van der Waals surface area (Å²) in [6.07, 6.45) is 3.35. The van der Waals surface area contributed by atoms with Crippen molar-refractivity contribution in [3.05, 3.63) is 24.5 Å². The molecule has 0 amide bonds. The van der Waals surface area contributed by atoms with Crippen LogP contribution >= 0.6 is 0 Å².